The Morgan fingerprint density at radius 2 is 2.16 bits per heavy atom. The largest absolute Gasteiger partial charge is 0.380 e. The summed E-state index contributed by atoms with van der Waals surface area (Å²) < 4.78 is 8.66. The zero-order valence-electron chi connectivity index (χ0n) is 11.4. The standard InChI is InChI=1S/C14H20BrN3O/c1-10(2)5-7-19-8-6-18-13-9-11(15)3-4-12(13)17-14(18)16/h3-4,9-10H,5-8H2,1-2H3,(H2,16,17). The van der Waals surface area contributed by atoms with Crippen LogP contribution >= 0.6 is 15.9 Å². The zero-order chi connectivity index (χ0) is 13.8. The van der Waals surface area contributed by atoms with Crippen molar-refractivity contribution < 1.29 is 4.74 Å². The van der Waals surface area contributed by atoms with Gasteiger partial charge in [-0.25, -0.2) is 4.98 Å². The molecular weight excluding hydrogens is 306 g/mol. The molecule has 0 fully saturated rings. The number of hydrogen-bond donors (Lipinski definition) is 1. The second kappa shape index (κ2) is 6.39. The first-order chi connectivity index (χ1) is 9.08. The molecule has 0 aliphatic heterocycles. The molecule has 1 heterocycles. The van der Waals surface area contributed by atoms with Crippen LogP contribution in [-0.4, -0.2) is 22.8 Å². The molecule has 0 bridgehead atoms. The van der Waals surface area contributed by atoms with Gasteiger partial charge in [0, 0.05) is 17.6 Å². The molecule has 0 atom stereocenters. The Kier molecular flexibility index (Phi) is 4.82. The van der Waals surface area contributed by atoms with E-state index in [1.165, 1.54) is 0 Å². The van der Waals surface area contributed by atoms with Gasteiger partial charge in [-0.2, -0.15) is 0 Å². The Hall–Kier alpha value is -1.07. The topological polar surface area (TPSA) is 53.1 Å². The van der Waals surface area contributed by atoms with Crippen LogP contribution in [0.3, 0.4) is 0 Å². The molecule has 0 saturated heterocycles. The van der Waals surface area contributed by atoms with E-state index < -0.39 is 0 Å². The van der Waals surface area contributed by atoms with Crippen LogP contribution in [0.1, 0.15) is 20.3 Å². The van der Waals surface area contributed by atoms with Gasteiger partial charge in [0.25, 0.3) is 0 Å². The number of rotatable bonds is 6. The SMILES string of the molecule is CC(C)CCOCCn1c(N)nc2ccc(Br)cc21. The molecule has 1 aromatic heterocycles. The molecule has 0 aliphatic carbocycles. The fraction of sp³-hybridized carbons (Fsp3) is 0.500. The fourth-order valence-corrected chi connectivity index (χ4v) is 2.28. The first-order valence-electron chi connectivity index (χ1n) is 6.57. The molecule has 4 nitrogen and oxygen atoms in total. The molecule has 0 radical (unpaired) electrons. The molecule has 5 heteroatoms. The molecular formula is C14H20BrN3O. The lowest BCUT2D eigenvalue weighted by Gasteiger charge is -2.09. The van der Waals surface area contributed by atoms with Crippen molar-refractivity contribution in [3.8, 4) is 0 Å². The van der Waals surface area contributed by atoms with Crippen LogP contribution in [0.25, 0.3) is 11.0 Å². The first kappa shape index (κ1) is 14.3. The average Bonchev–Trinajstić information content (AvgIpc) is 2.65. The van der Waals surface area contributed by atoms with Crippen molar-refractivity contribution in [1.82, 2.24) is 9.55 Å². The summed E-state index contributed by atoms with van der Waals surface area (Å²) in [5.41, 5.74) is 7.91. The molecule has 2 aromatic rings. The lowest BCUT2D eigenvalue weighted by molar-refractivity contribution is 0.117. The number of fused-ring (bicyclic) bond motifs is 1. The summed E-state index contributed by atoms with van der Waals surface area (Å²) in [5.74, 6) is 1.22. The van der Waals surface area contributed by atoms with E-state index >= 15 is 0 Å². The Morgan fingerprint density at radius 1 is 1.37 bits per heavy atom. The number of nitrogen functional groups attached to an aromatic ring is 1. The van der Waals surface area contributed by atoms with Gasteiger partial charge in [-0.1, -0.05) is 29.8 Å². The monoisotopic (exact) mass is 325 g/mol. The summed E-state index contributed by atoms with van der Waals surface area (Å²) in [6, 6.07) is 5.97. The Bertz CT molecular complexity index is 551. The molecule has 0 unspecified atom stereocenters. The van der Waals surface area contributed by atoms with E-state index in [1.807, 2.05) is 22.8 Å². The van der Waals surface area contributed by atoms with Crippen molar-refractivity contribution in [2.45, 2.75) is 26.8 Å². The summed E-state index contributed by atoms with van der Waals surface area (Å²) in [7, 11) is 0. The summed E-state index contributed by atoms with van der Waals surface area (Å²) in [4.78, 5) is 4.35. The maximum Gasteiger partial charge on any atom is 0.201 e. The van der Waals surface area contributed by atoms with Crippen LogP contribution in [0.5, 0.6) is 0 Å². The van der Waals surface area contributed by atoms with Gasteiger partial charge >= 0.3 is 0 Å². The third-order valence-corrected chi connectivity index (χ3v) is 3.53. The van der Waals surface area contributed by atoms with E-state index in [0.717, 1.165) is 35.1 Å². The minimum Gasteiger partial charge on any atom is -0.380 e. The number of benzene rings is 1. The number of aromatic nitrogens is 2. The van der Waals surface area contributed by atoms with Gasteiger partial charge in [0.05, 0.1) is 17.6 Å². The zero-order valence-corrected chi connectivity index (χ0v) is 13.0. The number of anilines is 1. The number of hydrogen-bond acceptors (Lipinski definition) is 3. The molecule has 104 valence electrons. The van der Waals surface area contributed by atoms with Gasteiger partial charge in [0.1, 0.15) is 0 Å². The average molecular weight is 326 g/mol. The maximum atomic E-state index is 5.95. The minimum atomic E-state index is 0.542. The second-order valence-electron chi connectivity index (χ2n) is 5.05. The lowest BCUT2D eigenvalue weighted by atomic mass is 10.1. The van der Waals surface area contributed by atoms with Crippen LogP contribution in [0.2, 0.25) is 0 Å². The highest BCUT2D eigenvalue weighted by atomic mass is 79.9. The highest BCUT2D eigenvalue weighted by molar-refractivity contribution is 9.10. The quantitative estimate of drug-likeness (QED) is 0.827. The molecule has 0 aliphatic rings. The molecule has 19 heavy (non-hydrogen) atoms. The van der Waals surface area contributed by atoms with Crippen LogP contribution in [0.4, 0.5) is 5.95 Å². The molecule has 0 spiro atoms. The number of nitrogens with zero attached hydrogens (tertiary/aromatic N) is 2. The van der Waals surface area contributed by atoms with Crippen LogP contribution in [-0.2, 0) is 11.3 Å². The summed E-state index contributed by atoms with van der Waals surface area (Å²) >= 11 is 3.47. The highest BCUT2D eigenvalue weighted by Crippen LogP contribution is 2.22. The third kappa shape index (κ3) is 3.70. The predicted octanol–water partition coefficient (Wildman–Crippen LogP) is 3.44. The van der Waals surface area contributed by atoms with Crippen molar-refractivity contribution in [2.24, 2.45) is 5.92 Å². The van der Waals surface area contributed by atoms with Crippen LogP contribution in [0.15, 0.2) is 22.7 Å². The second-order valence-corrected chi connectivity index (χ2v) is 5.97. The van der Waals surface area contributed by atoms with Gasteiger partial charge in [-0.15, -0.1) is 0 Å². The van der Waals surface area contributed by atoms with Crippen molar-refractivity contribution in [3.63, 3.8) is 0 Å². The number of halogens is 1. The van der Waals surface area contributed by atoms with Crippen molar-refractivity contribution in [3.05, 3.63) is 22.7 Å². The van der Waals surface area contributed by atoms with Gasteiger partial charge in [0.15, 0.2) is 0 Å². The molecule has 0 amide bonds. The fourth-order valence-electron chi connectivity index (χ4n) is 1.93. The first-order valence-corrected chi connectivity index (χ1v) is 7.36. The highest BCUT2D eigenvalue weighted by Gasteiger charge is 2.08. The third-order valence-electron chi connectivity index (χ3n) is 3.04. The maximum absolute atomic E-state index is 5.95. The number of ether oxygens (including phenoxy) is 1. The van der Waals surface area contributed by atoms with Gasteiger partial charge in [-0.3, -0.25) is 0 Å². The minimum absolute atomic E-state index is 0.542. The van der Waals surface area contributed by atoms with Crippen molar-refractivity contribution in [1.29, 1.82) is 0 Å². The predicted molar refractivity (Wildman–Crippen MR) is 82.1 cm³/mol. The van der Waals surface area contributed by atoms with E-state index in [1.54, 1.807) is 0 Å². The van der Waals surface area contributed by atoms with Crippen molar-refractivity contribution >= 4 is 32.9 Å². The Balaban J connectivity index is 2.00. The van der Waals surface area contributed by atoms with Gasteiger partial charge < -0.3 is 15.0 Å². The smallest absolute Gasteiger partial charge is 0.201 e. The Morgan fingerprint density at radius 3 is 2.89 bits per heavy atom. The van der Waals surface area contributed by atoms with E-state index in [4.69, 9.17) is 10.5 Å². The van der Waals surface area contributed by atoms with E-state index in [0.29, 0.717) is 18.5 Å². The van der Waals surface area contributed by atoms with Gasteiger partial charge in [0.2, 0.25) is 5.95 Å². The van der Waals surface area contributed by atoms with E-state index in [-0.39, 0.29) is 0 Å². The van der Waals surface area contributed by atoms with Crippen LogP contribution < -0.4 is 5.73 Å². The number of imidazole rings is 1. The molecule has 1 aromatic carbocycles. The van der Waals surface area contributed by atoms with Gasteiger partial charge in [-0.05, 0) is 30.5 Å². The molecule has 2 N–H and O–H groups in total. The normalized spacial score (nSPS) is 11.6. The van der Waals surface area contributed by atoms with E-state index in [2.05, 4.69) is 34.8 Å². The van der Waals surface area contributed by atoms with E-state index in [9.17, 15) is 0 Å². The molecule has 2 rings (SSSR count). The number of nitrogens with two attached hydrogens (primary N) is 1. The summed E-state index contributed by atoms with van der Waals surface area (Å²) in [5, 5.41) is 0. The van der Waals surface area contributed by atoms with Crippen molar-refractivity contribution in [2.75, 3.05) is 18.9 Å². The molecule has 0 saturated carbocycles. The van der Waals surface area contributed by atoms with Crippen LogP contribution in [0, 0.1) is 5.92 Å². The Labute approximate surface area is 122 Å². The lowest BCUT2D eigenvalue weighted by Crippen LogP contribution is -2.10. The summed E-state index contributed by atoms with van der Waals surface area (Å²) in [6.45, 7) is 6.59. The summed E-state index contributed by atoms with van der Waals surface area (Å²) in [6.07, 6.45) is 1.09.